The molecule has 2 atom stereocenters. The van der Waals surface area contributed by atoms with Crippen LogP contribution in [0, 0.1) is 11.8 Å². The summed E-state index contributed by atoms with van der Waals surface area (Å²) in [5, 5.41) is 3.45. The zero-order valence-electron chi connectivity index (χ0n) is 16.5. The van der Waals surface area contributed by atoms with Crippen LogP contribution < -0.4 is 5.32 Å². The first kappa shape index (κ1) is 19.1. The highest BCUT2D eigenvalue weighted by Gasteiger charge is 2.56. The predicted octanol–water partition coefficient (Wildman–Crippen LogP) is 3.20. The Kier molecular flexibility index (Phi) is 4.12. The van der Waals surface area contributed by atoms with E-state index in [9.17, 15) is 18.4 Å². The van der Waals surface area contributed by atoms with E-state index >= 15 is 0 Å². The largest absolute Gasteiger partial charge is 0.376 e. The van der Waals surface area contributed by atoms with Crippen molar-refractivity contribution in [2.75, 3.05) is 25.0 Å². The van der Waals surface area contributed by atoms with Gasteiger partial charge in [0.05, 0.1) is 38.0 Å². The summed E-state index contributed by atoms with van der Waals surface area (Å²) < 4.78 is 38.5. The van der Waals surface area contributed by atoms with E-state index in [1.807, 2.05) is 0 Å². The number of thiophene rings is 1. The molecule has 0 spiro atoms. The lowest BCUT2D eigenvalue weighted by atomic mass is 9.62. The average Bonchev–Trinajstić information content (AvgIpc) is 3.02. The van der Waals surface area contributed by atoms with E-state index in [0.717, 1.165) is 41.0 Å². The number of nitrogens with zero attached hydrogens (tertiary/aromatic N) is 1. The van der Waals surface area contributed by atoms with E-state index in [0.29, 0.717) is 42.0 Å². The van der Waals surface area contributed by atoms with E-state index in [-0.39, 0.29) is 12.0 Å². The SMILES string of the molecule is O=C(c1c(NC(=O)C23CC4CC(CC(C4)O2)C3)sc2c1CCOC2)N1CC(F)(F)C1. The van der Waals surface area contributed by atoms with Crippen LogP contribution in [0.25, 0.3) is 0 Å². The van der Waals surface area contributed by atoms with Crippen molar-refractivity contribution in [2.45, 2.75) is 62.8 Å². The van der Waals surface area contributed by atoms with Gasteiger partial charge in [0.2, 0.25) is 0 Å². The normalized spacial score (nSPS) is 35.7. The van der Waals surface area contributed by atoms with Crippen LogP contribution in [0.3, 0.4) is 0 Å². The monoisotopic (exact) mass is 438 g/mol. The molecule has 162 valence electrons. The summed E-state index contributed by atoms with van der Waals surface area (Å²) >= 11 is 1.33. The average molecular weight is 438 g/mol. The first-order chi connectivity index (χ1) is 14.3. The fourth-order valence-electron chi connectivity index (χ4n) is 6.18. The molecule has 2 saturated carbocycles. The van der Waals surface area contributed by atoms with Crippen LogP contribution >= 0.6 is 11.3 Å². The Morgan fingerprint density at radius 3 is 2.53 bits per heavy atom. The summed E-state index contributed by atoms with van der Waals surface area (Å²) in [7, 11) is 0. The maximum Gasteiger partial charge on any atom is 0.282 e. The highest BCUT2D eigenvalue weighted by Crippen LogP contribution is 2.53. The first-order valence-electron chi connectivity index (χ1n) is 10.7. The molecule has 2 amide bonds. The van der Waals surface area contributed by atoms with Crippen LogP contribution in [0.1, 0.15) is 52.9 Å². The number of alkyl halides is 2. The lowest BCUT2D eigenvalue weighted by Gasteiger charge is -2.55. The van der Waals surface area contributed by atoms with Crippen molar-refractivity contribution in [3.8, 4) is 0 Å². The van der Waals surface area contributed by atoms with Gasteiger partial charge in [-0.25, -0.2) is 8.78 Å². The third kappa shape index (κ3) is 2.92. The molecule has 5 heterocycles. The first-order valence-corrected chi connectivity index (χ1v) is 11.5. The maximum absolute atomic E-state index is 13.4. The second kappa shape index (κ2) is 6.46. The maximum atomic E-state index is 13.4. The molecular formula is C21H24F2N2O4S. The Morgan fingerprint density at radius 1 is 1.13 bits per heavy atom. The van der Waals surface area contributed by atoms with E-state index < -0.39 is 30.5 Å². The predicted molar refractivity (Wildman–Crippen MR) is 105 cm³/mol. The fraction of sp³-hybridized carbons (Fsp3) is 0.714. The number of hydrogen-bond acceptors (Lipinski definition) is 5. The highest BCUT2D eigenvalue weighted by atomic mass is 32.1. The van der Waals surface area contributed by atoms with Gasteiger partial charge in [0, 0.05) is 4.88 Å². The number of carbonyl (C=O) groups is 2. The van der Waals surface area contributed by atoms with Gasteiger partial charge in [0.15, 0.2) is 0 Å². The van der Waals surface area contributed by atoms with Crippen LogP contribution in [-0.4, -0.2) is 54.0 Å². The number of nitrogens with one attached hydrogen (secondary N) is 1. The van der Waals surface area contributed by atoms with Gasteiger partial charge < -0.3 is 19.7 Å². The van der Waals surface area contributed by atoms with E-state index in [4.69, 9.17) is 9.47 Å². The number of likely N-dealkylation sites (tertiary alicyclic amines) is 1. The van der Waals surface area contributed by atoms with Crippen molar-refractivity contribution in [3.63, 3.8) is 0 Å². The molecule has 0 aromatic carbocycles. The van der Waals surface area contributed by atoms with Crippen LogP contribution in [0.4, 0.5) is 13.8 Å². The van der Waals surface area contributed by atoms with Gasteiger partial charge in [-0.15, -0.1) is 11.3 Å². The lowest BCUT2D eigenvalue weighted by Crippen LogP contribution is -2.60. The number of ether oxygens (including phenoxy) is 2. The molecule has 7 rings (SSSR count). The van der Waals surface area contributed by atoms with Gasteiger partial charge in [-0.1, -0.05) is 0 Å². The molecule has 9 heteroatoms. The van der Waals surface area contributed by atoms with Crippen molar-refractivity contribution in [2.24, 2.45) is 11.8 Å². The van der Waals surface area contributed by atoms with Crippen LogP contribution in [-0.2, 0) is 27.3 Å². The standard InChI is InChI=1S/C21H24F2N2O4S/c22-21(23)9-25(10-21)18(26)16-14-1-2-28-8-15(14)30-17(16)24-19(27)20-6-11-3-12(7-20)5-13(4-11)29-20/h11-13H,1-10H2,(H,24,27). The van der Waals surface area contributed by atoms with Gasteiger partial charge in [0.25, 0.3) is 17.7 Å². The van der Waals surface area contributed by atoms with Crippen LogP contribution in [0.5, 0.6) is 0 Å². The minimum atomic E-state index is -2.83. The van der Waals surface area contributed by atoms with E-state index in [2.05, 4.69) is 5.32 Å². The second-order valence-electron chi connectivity index (χ2n) is 9.56. The minimum absolute atomic E-state index is 0.149. The Balaban J connectivity index is 1.30. The summed E-state index contributed by atoms with van der Waals surface area (Å²) in [6.07, 6.45) is 5.37. The molecule has 30 heavy (non-hydrogen) atoms. The number of amides is 2. The van der Waals surface area contributed by atoms with Crippen LogP contribution in [0.2, 0.25) is 0 Å². The third-order valence-corrected chi connectivity index (χ3v) is 8.42. The molecule has 2 aliphatic carbocycles. The molecule has 5 fully saturated rings. The molecule has 3 saturated heterocycles. The summed E-state index contributed by atoms with van der Waals surface area (Å²) in [6, 6.07) is 0. The van der Waals surface area contributed by atoms with Gasteiger partial charge in [-0.3, -0.25) is 9.59 Å². The molecule has 1 aromatic heterocycles. The number of carbonyl (C=O) groups excluding carboxylic acids is 2. The van der Waals surface area contributed by atoms with Gasteiger partial charge in [-0.2, -0.15) is 0 Å². The Bertz CT molecular complexity index is 887. The Morgan fingerprint density at radius 2 is 1.87 bits per heavy atom. The smallest absolute Gasteiger partial charge is 0.282 e. The highest BCUT2D eigenvalue weighted by molar-refractivity contribution is 7.17. The zero-order valence-corrected chi connectivity index (χ0v) is 17.4. The van der Waals surface area contributed by atoms with Gasteiger partial charge >= 0.3 is 0 Å². The second-order valence-corrected chi connectivity index (χ2v) is 10.7. The quantitative estimate of drug-likeness (QED) is 0.787. The summed E-state index contributed by atoms with van der Waals surface area (Å²) in [4.78, 5) is 28.5. The molecule has 1 N–H and O–H groups in total. The Hall–Kier alpha value is -1.58. The summed E-state index contributed by atoms with van der Waals surface area (Å²) in [6.45, 7) is -0.289. The number of hydrogen-bond donors (Lipinski definition) is 1. The molecule has 6 nitrogen and oxygen atoms in total. The molecule has 4 bridgehead atoms. The van der Waals surface area contributed by atoms with Crippen LogP contribution in [0.15, 0.2) is 0 Å². The fourth-order valence-corrected chi connectivity index (χ4v) is 7.35. The van der Waals surface area contributed by atoms with Gasteiger partial charge in [-0.05, 0) is 55.9 Å². The summed E-state index contributed by atoms with van der Waals surface area (Å²) in [5.74, 6) is -2.40. The van der Waals surface area contributed by atoms with E-state index in [1.165, 1.54) is 17.8 Å². The number of anilines is 1. The minimum Gasteiger partial charge on any atom is -0.376 e. The van der Waals surface area contributed by atoms with Crippen molar-refractivity contribution >= 4 is 28.2 Å². The van der Waals surface area contributed by atoms with Gasteiger partial charge in [0.1, 0.15) is 10.6 Å². The lowest BCUT2D eigenvalue weighted by molar-refractivity contribution is -0.215. The number of rotatable bonds is 3. The van der Waals surface area contributed by atoms with Crippen molar-refractivity contribution in [1.82, 2.24) is 4.90 Å². The topological polar surface area (TPSA) is 67.9 Å². The molecule has 2 unspecified atom stereocenters. The Labute approximate surface area is 176 Å². The van der Waals surface area contributed by atoms with E-state index in [1.54, 1.807) is 0 Å². The molecule has 6 aliphatic rings. The number of fused-ring (bicyclic) bond motifs is 1. The van der Waals surface area contributed by atoms with Crippen molar-refractivity contribution in [1.29, 1.82) is 0 Å². The molecule has 0 radical (unpaired) electrons. The number of halogens is 2. The third-order valence-electron chi connectivity index (χ3n) is 7.29. The summed E-state index contributed by atoms with van der Waals surface area (Å²) in [5.41, 5.74) is 0.375. The van der Waals surface area contributed by atoms with Crippen molar-refractivity contribution in [3.05, 3.63) is 16.0 Å². The van der Waals surface area contributed by atoms with Crippen molar-refractivity contribution < 1.29 is 27.8 Å². The molecule has 4 aliphatic heterocycles. The molecule has 1 aromatic rings. The molecular weight excluding hydrogens is 414 g/mol. The zero-order chi connectivity index (χ0) is 20.7.